The number of likely N-dealkylation sites (tertiary alicyclic amines) is 1. The van der Waals surface area contributed by atoms with Gasteiger partial charge in [-0.3, -0.25) is 14.4 Å². The summed E-state index contributed by atoms with van der Waals surface area (Å²) in [4.78, 5) is 47.9. The quantitative estimate of drug-likeness (QED) is 0.336. The number of fused-ring (bicyclic) bond motifs is 2. The van der Waals surface area contributed by atoms with Gasteiger partial charge < -0.3 is 19.8 Å². The van der Waals surface area contributed by atoms with Crippen molar-refractivity contribution in [3.05, 3.63) is 24.3 Å². The number of carbonyl (C=O) groups is 3. The summed E-state index contributed by atoms with van der Waals surface area (Å²) in [5, 5.41) is 9.22. The Labute approximate surface area is 220 Å². The third kappa shape index (κ3) is 4.64. The third-order valence-corrected chi connectivity index (χ3v) is 10.1. The first-order valence-corrected chi connectivity index (χ1v) is 14.7. The summed E-state index contributed by atoms with van der Waals surface area (Å²) in [6.07, 6.45) is 14.6. The molecule has 0 aromatic carbocycles. The lowest BCUT2D eigenvalue weighted by molar-refractivity contribution is -0.145. The summed E-state index contributed by atoms with van der Waals surface area (Å²) in [5.74, 6) is -1.05. The topological polar surface area (TPSA) is 81.2 Å². The molecule has 0 bridgehead atoms. The number of aliphatic hydroxyl groups excluding tert-OH is 1. The van der Waals surface area contributed by atoms with Crippen LogP contribution in [0.25, 0.3) is 0 Å². The number of hydrogen-bond acceptors (Lipinski definition) is 5. The lowest BCUT2D eigenvalue weighted by Crippen LogP contribution is -2.53. The van der Waals surface area contributed by atoms with Crippen molar-refractivity contribution in [1.82, 2.24) is 14.7 Å². The lowest BCUT2D eigenvalue weighted by Gasteiger charge is -2.37. The van der Waals surface area contributed by atoms with Crippen LogP contribution in [0.3, 0.4) is 0 Å². The molecule has 4 aliphatic heterocycles. The minimum absolute atomic E-state index is 0.0171. The summed E-state index contributed by atoms with van der Waals surface area (Å²) in [5.41, 5.74) is 0. The van der Waals surface area contributed by atoms with E-state index in [1.165, 1.54) is 0 Å². The number of nitrogens with zero attached hydrogens (tertiary/aromatic N) is 3. The Bertz CT molecular complexity index is 907. The smallest absolute Gasteiger partial charge is 0.247 e. The Morgan fingerprint density at radius 1 is 0.833 bits per heavy atom. The zero-order valence-corrected chi connectivity index (χ0v) is 23.0. The molecule has 1 spiro atoms. The molecule has 4 aliphatic rings. The van der Waals surface area contributed by atoms with Gasteiger partial charge in [0.15, 0.2) is 0 Å². The molecular weight excluding hydrogens is 474 g/mol. The van der Waals surface area contributed by atoms with Crippen LogP contribution >= 0.6 is 11.8 Å². The molecule has 2 fully saturated rings. The molecule has 3 amide bonds. The molecule has 0 aromatic rings. The van der Waals surface area contributed by atoms with E-state index < -0.39 is 27.4 Å². The molecule has 0 aliphatic carbocycles. The van der Waals surface area contributed by atoms with Gasteiger partial charge in [-0.1, -0.05) is 51.0 Å². The molecular formula is C28H43N3O4S. The highest BCUT2D eigenvalue weighted by Gasteiger charge is 2.73. The average molecular weight is 518 g/mol. The first-order chi connectivity index (χ1) is 17.3. The minimum Gasteiger partial charge on any atom is -0.396 e. The highest BCUT2D eigenvalue weighted by atomic mass is 32.2. The van der Waals surface area contributed by atoms with Gasteiger partial charge >= 0.3 is 0 Å². The second-order valence-electron chi connectivity index (χ2n) is 10.9. The van der Waals surface area contributed by atoms with Crippen molar-refractivity contribution in [2.75, 3.05) is 39.3 Å². The van der Waals surface area contributed by atoms with Crippen LogP contribution in [0.1, 0.15) is 65.7 Å². The van der Waals surface area contributed by atoms with Crippen molar-refractivity contribution in [2.45, 2.75) is 81.3 Å². The second-order valence-corrected chi connectivity index (χ2v) is 12.7. The van der Waals surface area contributed by atoms with Crippen LogP contribution in [0.2, 0.25) is 0 Å². The monoisotopic (exact) mass is 517 g/mol. The van der Waals surface area contributed by atoms with Crippen molar-refractivity contribution in [3.63, 3.8) is 0 Å². The van der Waals surface area contributed by atoms with Crippen LogP contribution in [0.5, 0.6) is 0 Å². The van der Waals surface area contributed by atoms with Crippen LogP contribution in [0, 0.1) is 11.8 Å². The summed E-state index contributed by atoms with van der Waals surface area (Å²) >= 11 is 1.66. The van der Waals surface area contributed by atoms with Crippen molar-refractivity contribution in [1.29, 1.82) is 0 Å². The predicted molar refractivity (Wildman–Crippen MR) is 143 cm³/mol. The van der Waals surface area contributed by atoms with Gasteiger partial charge in [-0.15, -0.1) is 11.8 Å². The zero-order chi connectivity index (χ0) is 25.9. The molecule has 2 saturated heterocycles. The van der Waals surface area contributed by atoms with Gasteiger partial charge in [0.1, 0.15) is 6.04 Å². The van der Waals surface area contributed by atoms with E-state index in [0.717, 1.165) is 38.5 Å². The first-order valence-electron chi connectivity index (χ1n) is 13.9. The van der Waals surface area contributed by atoms with E-state index in [-0.39, 0.29) is 24.3 Å². The SMILES string of the molecule is CCCCCN1CC=C[C@]23S[C@@]4(C)C=CCN(CCC)C(=O)[C@H]4[C@H]2C(=O)N(CCCCCO)C3C1=O. The maximum absolute atomic E-state index is 14.2. The van der Waals surface area contributed by atoms with Gasteiger partial charge in [-0.05, 0) is 39.0 Å². The highest BCUT2D eigenvalue weighted by Crippen LogP contribution is 2.65. The molecule has 200 valence electrons. The first kappa shape index (κ1) is 27.2. The second kappa shape index (κ2) is 11.3. The predicted octanol–water partition coefficient (Wildman–Crippen LogP) is 3.23. The fourth-order valence-electron chi connectivity index (χ4n) is 6.65. The summed E-state index contributed by atoms with van der Waals surface area (Å²) in [6, 6.07) is -0.598. The Kier molecular flexibility index (Phi) is 8.55. The van der Waals surface area contributed by atoms with Crippen LogP contribution in [-0.2, 0) is 14.4 Å². The third-order valence-electron chi connectivity index (χ3n) is 8.31. The Hall–Kier alpha value is -1.80. The molecule has 5 atom stereocenters. The minimum atomic E-state index is -0.751. The van der Waals surface area contributed by atoms with Crippen LogP contribution < -0.4 is 0 Å². The van der Waals surface area contributed by atoms with Crippen molar-refractivity contribution >= 4 is 29.5 Å². The van der Waals surface area contributed by atoms with Crippen molar-refractivity contribution < 1.29 is 19.5 Å². The maximum atomic E-state index is 14.2. The van der Waals surface area contributed by atoms with E-state index in [2.05, 4.69) is 45.1 Å². The normalized spacial score (nSPS) is 33.6. The van der Waals surface area contributed by atoms with Gasteiger partial charge in [0.2, 0.25) is 17.7 Å². The molecule has 7 nitrogen and oxygen atoms in total. The summed E-state index contributed by atoms with van der Waals surface area (Å²) in [6.45, 7) is 9.39. The number of hydrogen-bond donors (Lipinski definition) is 1. The van der Waals surface area contributed by atoms with Gasteiger partial charge in [0.25, 0.3) is 0 Å². The number of unbranched alkanes of at least 4 members (excludes halogenated alkanes) is 4. The fraction of sp³-hybridized carbons (Fsp3) is 0.750. The van der Waals surface area contributed by atoms with Gasteiger partial charge in [-0.2, -0.15) is 0 Å². The van der Waals surface area contributed by atoms with Crippen LogP contribution in [0.4, 0.5) is 0 Å². The molecule has 8 heteroatoms. The molecule has 0 radical (unpaired) electrons. The number of aliphatic hydroxyl groups is 1. The molecule has 1 N–H and O–H groups in total. The van der Waals surface area contributed by atoms with Gasteiger partial charge in [0, 0.05) is 44.1 Å². The molecule has 36 heavy (non-hydrogen) atoms. The molecule has 0 saturated carbocycles. The highest BCUT2D eigenvalue weighted by molar-refractivity contribution is 8.02. The van der Waals surface area contributed by atoms with Gasteiger partial charge in [-0.25, -0.2) is 0 Å². The molecule has 1 unspecified atom stereocenters. The summed E-state index contributed by atoms with van der Waals surface area (Å²) in [7, 11) is 0. The Morgan fingerprint density at radius 2 is 1.53 bits per heavy atom. The fourth-order valence-corrected chi connectivity index (χ4v) is 8.81. The van der Waals surface area contributed by atoms with Crippen molar-refractivity contribution in [2.24, 2.45) is 11.8 Å². The lowest BCUT2D eigenvalue weighted by atomic mass is 9.74. The van der Waals surface area contributed by atoms with Gasteiger partial charge in [0.05, 0.1) is 16.6 Å². The number of rotatable bonds is 11. The van der Waals surface area contributed by atoms with E-state index in [1.54, 1.807) is 16.7 Å². The summed E-state index contributed by atoms with van der Waals surface area (Å²) < 4.78 is -1.29. The van der Waals surface area contributed by atoms with E-state index in [1.807, 2.05) is 9.80 Å². The Morgan fingerprint density at radius 3 is 2.22 bits per heavy atom. The Balaban J connectivity index is 1.74. The average Bonchev–Trinajstić information content (AvgIpc) is 3.12. The van der Waals surface area contributed by atoms with Crippen LogP contribution in [0.15, 0.2) is 24.3 Å². The van der Waals surface area contributed by atoms with E-state index >= 15 is 0 Å². The molecule has 0 aromatic heterocycles. The standard InChI is InChI=1S/C28H43N3O4S/c1-4-6-8-16-30-18-12-14-28-22(25(34)31(23(28)26(30)35)19-9-7-10-20-32)21-24(33)29(15-5-2)17-11-13-27(21,3)36-28/h11-14,21-23,32H,4-10,15-20H2,1-3H3/t21-,22+,23?,27+,28+/m1/s1. The van der Waals surface area contributed by atoms with Crippen molar-refractivity contribution in [3.8, 4) is 0 Å². The molecule has 4 heterocycles. The van der Waals surface area contributed by atoms with E-state index in [0.29, 0.717) is 39.1 Å². The van der Waals surface area contributed by atoms with E-state index in [4.69, 9.17) is 0 Å². The van der Waals surface area contributed by atoms with Crippen LogP contribution in [-0.4, -0.2) is 92.4 Å². The maximum Gasteiger partial charge on any atom is 0.247 e. The molecule has 4 rings (SSSR count). The van der Waals surface area contributed by atoms with E-state index in [9.17, 15) is 19.5 Å². The largest absolute Gasteiger partial charge is 0.396 e. The number of thioether (sulfide) groups is 1. The zero-order valence-electron chi connectivity index (χ0n) is 22.2. The number of carbonyl (C=O) groups excluding carboxylic acids is 3. The number of amides is 3.